The van der Waals surface area contributed by atoms with Crippen molar-refractivity contribution in [2.75, 3.05) is 6.67 Å². The molecule has 0 aromatic heterocycles. The predicted molar refractivity (Wildman–Crippen MR) is 90.8 cm³/mol. The summed E-state index contributed by atoms with van der Waals surface area (Å²) in [5.74, 6) is -1.98. The number of carbonyl (C=O) groups is 3. The van der Waals surface area contributed by atoms with Crippen LogP contribution in [0.5, 0.6) is 0 Å². The Hall–Kier alpha value is -2.28. The lowest BCUT2D eigenvalue weighted by atomic mass is 9.82. The molecular weight excluding hydrogens is 325 g/mol. The number of hydrogen-bond acceptors (Lipinski definition) is 4. The Morgan fingerprint density at radius 1 is 1.04 bits per heavy atom. The molecule has 6 nitrogen and oxygen atoms in total. The van der Waals surface area contributed by atoms with Crippen LogP contribution in [-0.4, -0.2) is 40.4 Å². The summed E-state index contributed by atoms with van der Waals surface area (Å²) in [6.07, 6.45) is 0. The quantitative estimate of drug-likeness (QED) is 0.655. The van der Waals surface area contributed by atoms with Crippen molar-refractivity contribution in [1.29, 1.82) is 0 Å². The second-order valence-electron chi connectivity index (χ2n) is 7.50. The van der Waals surface area contributed by atoms with E-state index in [2.05, 4.69) is 5.32 Å². The van der Waals surface area contributed by atoms with Crippen molar-refractivity contribution in [3.63, 3.8) is 0 Å². The summed E-state index contributed by atoms with van der Waals surface area (Å²) in [6, 6.07) is 4.82. The van der Waals surface area contributed by atoms with Gasteiger partial charge in [0.25, 0.3) is 0 Å². The highest BCUT2D eigenvalue weighted by Gasteiger charge is 2.45. The fraction of sp³-hybridized carbons (Fsp3) is 0.500. The number of benzene rings is 1. The van der Waals surface area contributed by atoms with Crippen molar-refractivity contribution in [3.8, 4) is 0 Å². The first-order valence-electron chi connectivity index (χ1n) is 8.22. The van der Waals surface area contributed by atoms with Crippen molar-refractivity contribution in [3.05, 3.63) is 35.6 Å². The third-order valence-corrected chi connectivity index (χ3v) is 4.12. The molecule has 0 aliphatic carbocycles. The predicted octanol–water partition coefficient (Wildman–Crippen LogP) is 2.66. The Kier molecular flexibility index (Phi) is 5.27. The highest BCUT2D eigenvalue weighted by atomic mass is 19.1. The fourth-order valence-corrected chi connectivity index (χ4v) is 2.88. The molecule has 2 rings (SSSR count). The zero-order chi connectivity index (χ0) is 18.9. The lowest BCUT2D eigenvalue weighted by Crippen LogP contribution is -2.44. The first-order chi connectivity index (χ1) is 11.5. The zero-order valence-electron chi connectivity index (χ0n) is 15.2. The summed E-state index contributed by atoms with van der Waals surface area (Å²) in [5.41, 5.74) is 0.575. The smallest absolute Gasteiger partial charge is 0.292 e. The van der Waals surface area contributed by atoms with E-state index in [4.69, 9.17) is 0 Å². The third-order valence-electron chi connectivity index (χ3n) is 4.12. The number of carbonyl (C=O) groups excluding carboxylic acids is 3. The van der Waals surface area contributed by atoms with E-state index in [1.165, 1.54) is 12.1 Å². The summed E-state index contributed by atoms with van der Waals surface area (Å²) >= 11 is 0. The van der Waals surface area contributed by atoms with Crippen LogP contribution in [0.4, 0.5) is 9.18 Å². The lowest BCUT2D eigenvalue weighted by Gasteiger charge is -2.33. The van der Waals surface area contributed by atoms with Crippen molar-refractivity contribution >= 4 is 17.8 Å². The van der Waals surface area contributed by atoms with Gasteiger partial charge in [-0.2, -0.15) is 0 Å². The number of halogens is 1. The normalized spacial score (nSPS) is 17.0. The molecule has 1 atom stereocenters. The SMILES string of the molecule is CC(C)N1C(=O)C(=O)N(CNC(c2ccc(F)cc2)C(C)(C)C)C1=O. The van der Waals surface area contributed by atoms with Gasteiger partial charge in [0.05, 0.1) is 6.67 Å². The molecule has 0 bridgehead atoms. The molecule has 25 heavy (non-hydrogen) atoms. The first-order valence-corrected chi connectivity index (χ1v) is 8.22. The Balaban J connectivity index is 2.19. The minimum Gasteiger partial charge on any atom is -0.292 e. The highest BCUT2D eigenvalue weighted by molar-refractivity contribution is 6.44. The van der Waals surface area contributed by atoms with Gasteiger partial charge in [-0.05, 0) is 37.0 Å². The maximum atomic E-state index is 13.2. The standard InChI is InChI=1S/C18H24FN3O3/c1-11(2)22-16(24)15(23)21(17(22)25)10-20-14(18(3,4)5)12-6-8-13(19)9-7-12/h6-9,11,14,20H,10H2,1-5H3. The second kappa shape index (κ2) is 6.92. The summed E-state index contributed by atoms with van der Waals surface area (Å²) in [5, 5.41) is 3.16. The van der Waals surface area contributed by atoms with Crippen LogP contribution in [-0.2, 0) is 9.59 Å². The molecule has 1 fully saturated rings. The summed E-state index contributed by atoms with van der Waals surface area (Å²) in [4.78, 5) is 38.3. The van der Waals surface area contributed by atoms with E-state index >= 15 is 0 Å². The molecule has 0 radical (unpaired) electrons. The topological polar surface area (TPSA) is 69.7 Å². The van der Waals surface area contributed by atoms with E-state index in [0.29, 0.717) is 0 Å². The Bertz CT molecular complexity index is 680. The maximum Gasteiger partial charge on any atom is 0.335 e. The number of nitrogens with one attached hydrogen (secondary N) is 1. The van der Waals surface area contributed by atoms with Crippen LogP contribution in [0, 0.1) is 11.2 Å². The third kappa shape index (κ3) is 3.87. The molecule has 4 amide bonds. The van der Waals surface area contributed by atoms with Gasteiger partial charge in [0.1, 0.15) is 5.82 Å². The van der Waals surface area contributed by atoms with E-state index in [-0.39, 0.29) is 30.0 Å². The summed E-state index contributed by atoms with van der Waals surface area (Å²) in [6.45, 7) is 9.24. The van der Waals surface area contributed by atoms with Gasteiger partial charge in [-0.15, -0.1) is 0 Å². The number of amides is 4. The number of nitrogens with zero attached hydrogens (tertiary/aromatic N) is 2. The average molecular weight is 349 g/mol. The van der Waals surface area contributed by atoms with E-state index in [1.54, 1.807) is 26.0 Å². The molecule has 1 N–H and O–H groups in total. The van der Waals surface area contributed by atoms with E-state index < -0.39 is 17.8 Å². The van der Waals surface area contributed by atoms with Crippen molar-refractivity contribution < 1.29 is 18.8 Å². The number of urea groups is 1. The molecule has 136 valence electrons. The Labute approximate surface area is 147 Å². The summed E-state index contributed by atoms with van der Waals surface area (Å²) in [7, 11) is 0. The molecule has 1 aromatic carbocycles. The van der Waals surface area contributed by atoms with Crippen LogP contribution >= 0.6 is 0 Å². The van der Waals surface area contributed by atoms with E-state index in [0.717, 1.165) is 15.4 Å². The minimum atomic E-state index is -0.835. The van der Waals surface area contributed by atoms with Crippen LogP contribution in [0.3, 0.4) is 0 Å². The van der Waals surface area contributed by atoms with Crippen LogP contribution in [0.25, 0.3) is 0 Å². The molecule has 1 saturated heterocycles. The molecule has 1 heterocycles. The molecule has 1 aliphatic rings. The van der Waals surface area contributed by atoms with Crippen molar-refractivity contribution in [2.24, 2.45) is 5.41 Å². The van der Waals surface area contributed by atoms with Gasteiger partial charge >= 0.3 is 17.8 Å². The van der Waals surface area contributed by atoms with E-state index in [9.17, 15) is 18.8 Å². The largest absolute Gasteiger partial charge is 0.335 e. The molecule has 1 unspecified atom stereocenters. The van der Waals surface area contributed by atoms with Gasteiger partial charge in [0.15, 0.2) is 0 Å². The number of hydrogen-bond donors (Lipinski definition) is 1. The fourth-order valence-electron chi connectivity index (χ4n) is 2.88. The van der Waals surface area contributed by atoms with Crippen LogP contribution in [0.15, 0.2) is 24.3 Å². The number of imide groups is 2. The van der Waals surface area contributed by atoms with Crippen molar-refractivity contribution in [1.82, 2.24) is 15.1 Å². The highest BCUT2D eigenvalue weighted by Crippen LogP contribution is 2.33. The maximum absolute atomic E-state index is 13.2. The second-order valence-corrected chi connectivity index (χ2v) is 7.50. The van der Waals surface area contributed by atoms with Gasteiger partial charge in [-0.25, -0.2) is 14.1 Å². The average Bonchev–Trinajstić information content (AvgIpc) is 2.71. The molecular formula is C18H24FN3O3. The van der Waals surface area contributed by atoms with Crippen LogP contribution in [0.2, 0.25) is 0 Å². The molecule has 0 saturated carbocycles. The molecule has 1 aromatic rings. The molecule has 0 spiro atoms. The molecule has 1 aliphatic heterocycles. The number of rotatable bonds is 5. The monoisotopic (exact) mass is 349 g/mol. The zero-order valence-corrected chi connectivity index (χ0v) is 15.2. The van der Waals surface area contributed by atoms with Gasteiger partial charge < -0.3 is 0 Å². The van der Waals surface area contributed by atoms with Crippen LogP contribution in [0.1, 0.15) is 46.2 Å². The van der Waals surface area contributed by atoms with Crippen LogP contribution < -0.4 is 5.32 Å². The van der Waals surface area contributed by atoms with Gasteiger partial charge in [0.2, 0.25) is 0 Å². The Morgan fingerprint density at radius 3 is 2.04 bits per heavy atom. The lowest BCUT2D eigenvalue weighted by molar-refractivity contribution is -0.144. The molecule has 7 heteroatoms. The van der Waals surface area contributed by atoms with E-state index in [1.807, 2.05) is 20.8 Å². The summed E-state index contributed by atoms with van der Waals surface area (Å²) < 4.78 is 13.2. The van der Waals surface area contributed by atoms with Gasteiger partial charge in [-0.1, -0.05) is 32.9 Å². The first kappa shape index (κ1) is 19.1. The van der Waals surface area contributed by atoms with Crippen molar-refractivity contribution in [2.45, 2.75) is 46.7 Å². The van der Waals surface area contributed by atoms with Gasteiger partial charge in [0, 0.05) is 12.1 Å². The minimum absolute atomic E-state index is 0.0913. The Morgan fingerprint density at radius 2 is 1.60 bits per heavy atom. The van der Waals surface area contributed by atoms with Gasteiger partial charge in [-0.3, -0.25) is 19.8 Å².